The van der Waals surface area contributed by atoms with Crippen LogP contribution >= 0.6 is 0 Å². The second-order valence-corrected chi connectivity index (χ2v) is 10.2. The van der Waals surface area contributed by atoms with Crippen LogP contribution in [0.1, 0.15) is 45.2 Å². The maximum atomic E-state index is 13.5. The Bertz CT molecular complexity index is 1200. The average molecular weight is 416 g/mol. The van der Waals surface area contributed by atoms with Gasteiger partial charge >= 0.3 is 0 Å². The van der Waals surface area contributed by atoms with E-state index in [-0.39, 0.29) is 29.7 Å². The van der Waals surface area contributed by atoms with Crippen molar-refractivity contribution in [1.82, 2.24) is 4.90 Å². The first-order valence-corrected chi connectivity index (χ1v) is 11.5. The topological polar surface area (TPSA) is 80.7 Å². The summed E-state index contributed by atoms with van der Waals surface area (Å²) in [6, 6.07) is 7.24. The molecule has 1 aliphatic rings. The number of carbonyl (C=O) groups is 1. The van der Waals surface area contributed by atoms with Gasteiger partial charge in [0.2, 0.25) is 0 Å². The number of nitrogens with zero attached hydrogens (tertiary/aromatic N) is 1. The Kier molecular flexibility index (Phi) is 4.81. The number of fused-ring (bicyclic) bond motifs is 1. The van der Waals surface area contributed by atoms with Crippen molar-refractivity contribution in [1.29, 1.82) is 0 Å². The van der Waals surface area contributed by atoms with E-state index in [0.717, 1.165) is 27.8 Å². The molecule has 1 aliphatic heterocycles. The smallest absolute Gasteiger partial charge is 0.290 e. The van der Waals surface area contributed by atoms with Crippen LogP contribution in [0.15, 0.2) is 33.1 Å². The molecule has 1 atom stereocenters. The molecule has 0 aliphatic carbocycles. The molecule has 6 nitrogen and oxygen atoms in total. The number of hydrogen-bond acceptors (Lipinski definition) is 5. The molecule has 1 aromatic carbocycles. The molecule has 3 heterocycles. The van der Waals surface area contributed by atoms with Crippen molar-refractivity contribution in [3.05, 3.63) is 58.2 Å². The number of furan rings is 2. The zero-order valence-corrected chi connectivity index (χ0v) is 17.9. The van der Waals surface area contributed by atoms with Gasteiger partial charge in [-0.05, 0) is 57.4 Å². The van der Waals surface area contributed by atoms with Gasteiger partial charge in [0.15, 0.2) is 15.6 Å². The van der Waals surface area contributed by atoms with Gasteiger partial charge in [-0.25, -0.2) is 8.42 Å². The number of amides is 1. The summed E-state index contributed by atoms with van der Waals surface area (Å²) in [5.41, 5.74) is 3.57. The molecule has 0 unspecified atom stereocenters. The van der Waals surface area contributed by atoms with Crippen LogP contribution in [0.2, 0.25) is 0 Å². The fourth-order valence-electron chi connectivity index (χ4n) is 3.98. The van der Waals surface area contributed by atoms with Gasteiger partial charge in [-0.2, -0.15) is 0 Å². The number of benzene rings is 1. The minimum absolute atomic E-state index is 0.0319. The number of sulfone groups is 1. The van der Waals surface area contributed by atoms with E-state index >= 15 is 0 Å². The minimum atomic E-state index is -3.15. The Hall–Kier alpha value is -2.54. The van der Waals surface area contributed by atoms with E-state index in [4.69, 9.17) is 8.83 Å². The molecule has 0 saturated carbocycles. The predicted molar refractivity (Wildman–Crippen MR) is 111 cm³/mol. The molecular weight excluding hydrogens is 390 g/mol. The van der Waals surface area contributed by atoms with Crippen molar-refractivity contribution in [2.45, 2.75) is 46.7 Å². The lowest BCUT2D eigenvalue weighted by atomic mass is 10.0. The minimum Gasteiger partial charge on any atom is -0.464 e. The highest BCUT2D eigenvalue weighted by molar-refractivity contribution is 7.91. The van der Waals surface area contributed by atoms with Gasteiger partial charge < -0.3 is 13.7 Å². The lowest BCUT2D eigenvalue weighted by molar-refractivity contribution is 0.0634. The summed E-state index contributed by atoms with van der Waals surface area (Å²) in [5, 5.41) is 0.907. The molecule has 0 radical (unpaired) electrons. The molecule has 1 amide bonds. The maximum Gasteiger partial charge on any atom is 0.290 e. The number of hydrogen-bond donors (Lipinski definition) is 0. The summed E-state index contributed by atoms with van der Waals surface area (Å²) >= 11 is 0. The van der Waals surface area contributed by atoms with Gasteiger partial charge in [0.05, 0.1) is 18.1 Å². The molecule has 1 fully saturated rings. The lowest BCUT2D eigenvalue weighted by Crippen LogP contribution is -2.40. The molecule has 0 N–H and O–H groups in total. The van der Waals surface area contributed by atoms with Gasteiger partial charge in [0.25, 0.3) is 5.91 Å². The van der Waals surface area contributed by atoms with Gasteiger partial charge in [0, 0.05) is 17.0 Å². The Morgan fingerprint density at radius 3 is 2.45 bits per heavy atom. The van der Waals surface area contributed by atoms with Gasteiger partial charge in [0.1, 0.15) is 17.1 Å². The third-order valence-corrected chi connectivity index (χ3v) is 7.60. The van der Waals surface area contributed by atoms with Crippen LogP contribution < -0.4 is 0 Å². The van der Waals surface area contributed by atoms with Crippen LogP contribution in [-0.4, -0.2) is 36.8 Å². The molecule has 3 aromatic rings. The molecular formula is C22H25NO5S. The van der Waals surface area contributed by atoms with Crippen molar-refractivity contribution in [2.75, 3.05) is 11.5 Å². The molecule has 29 heavy (non-hydrogen) atoms. The first-order chi connectivity index (χ1) is 13.7. The summed E-state index contributed by atoms with van der Waals surface area (Å²) in [4.78, 5) is 15.1. The fourth-order valence-corrected chi connectivity index (χ4v) is 5.71. The van der Waals surface area contributed by atoms with Crippen molar-refractivity contribution >= 4 is 26.7 Å². The quantitative estimate of drug-likeness (QED) is 0.641. The van der Waals surface area contributed by atoms with E-state index in [2.05, 4.69) is 0 Å². The summed E-state index contributed by atoms with van der Waals surface area (Å²) in [6.07, 6.45) is 0.422. The molecule has 4 rings (SSSR count). The van der Waals surface area contributed by atoms with Crippen molar-refractivity contribution in [3.63, 3.8) is 0 Å². The van der Waals surface area contributed by atoms with Crippen LogP contribution in [-0.2, 0) is 16.4 Å². The zero-order valence-electron chi connectivity index (χ0n) is 17.1. The third kappa shape index (κ3) is 3.59. The monoisotopic (exact) mass is 415 g/mol. The van der Waals surface area contributed by atoms with Crippen molar-refractivity contribution in [2.24, 2.45) is 0 Å². The van der Waals surface area contributed by atoms with Gasteiger partial charge in [-0.15, -0.1) is 0 Å². The van der Waals surface area contributed by atoms with E-state index in [1.165, 1.54) is 0 Å². The van der Waals surface area contributed by atoms with E-state index in [1.807, 2.05) is 52.0 Å². The van der Waals surface area contributed by atoms with E-state index in [9.17, 15) is 13.2 Å². The largest absolute Gasteiger partial charge is 0.464 e. The summed E-state index contributed by atoms with van der Waals surface area (Å²) in [6.45, 7) is 7.89. The molecule has 0 bridgehead atoms. The van der Waals surface area contributed by atoms with Crippen LogP contribution in [0.5, 0.6) is 0 Å². The first kappa shape index (κ1) is 19.8. The summed E-state index contributed by atoms with van der Waals surface area (Å²) in [5.74, 6) is 1.40. The summed E-state index contributed by atoms with van der Waals surface area (Å²) in [7, 11) is -3.15. The van der Waals surface area contributed by atoms with Crippen LogP contribution in [0.4, 0.5) is 0 Å². The van der Waals surface area contributed by atoms with Crippen LogP contribution in [0, 0.1) is 27.7 Å². The second-order valence-electron chi connectivity index (χ2n) is 7.94. The first-order valence-electron chi connectivity index (χ1n) is 9.72. The highest BCUT2D eigenvalue weighted by Gasteiger charge is 2.37. The normalized spacial score (nSPS) is 18.4. The highest BCUT2D eigenvalue weighted by Crippen LogP contribution is 2.32. The van der Waals surface area contributed by atoms with Gasteiger partial charge in [-0.1, -0.05) is 12.1 Å². The van der Waals surface area contributed by atoms with E-state index in [0.29, 0.717) is 17.8 Å². The summed E-state index contributed by atoms with van der Waals surface area (Å²) < 4.78 is 35.8. The zero-order chi connectivity index (χ0) is 20.9. The Morgan fingerprint density at radius 2 is 1.83 bits per heavy atom. The molecule has 2 aromatic heterocycles. The second kappa shape index (κ2) is 7.06. The van der Waals surface area contributed by atoms with Crippen LogP contribution in [0.3, 0.4) is 0 Å². The standard InChI is InChI=1S/C22H25NO5S/c1-13-5-8-19-16(4)21(28-20(19)15(13)3)22(24)23(11-18-7-6-14(2)27-18)17-9-10-29(25,26)12-17/h5-8,17H,9-12H2,1-4H3/t17-/m1/s1. The van der Waals surface area contributed by atoms with Crippen molar-refractivity contribution in [3.8, 4) is 0 Å². The Balaban J connectivity index is 1.76. The molecule has 0 spiro atoms. The number of rotatable bonds is 4. The Morgan fingerprint density at radius 1 is 1.07 bits per heavy atom. The predicted octanol–water partition coefficient (Wildman–Crippen LogP) is 4.09. The Labute approximate surface area is 170 Å². The molecule has 154 valence electrons. The molecule has 1 saturated heterocycles. The van der Waals surface area contributed by atoms with Crippen molar-refractivity contribution < 1.29 is 22.0 Å². The molecule has 7 heteroatoms. The number of carbonyl (C=O) groups excluding carboxylic acids is 1. The maximum absolute atomic E-state index is 13.5. The SMILES string of the molecule is Cc1ccc(CN(C(=O)c2oc3c(C)c(C)ccc3c2C)[C@@H]2CCS(=O)(=O)C2)o1. The lowest BCUT2D eigenvalue weighted by Gasteiger charge is -2.26. The third-order valence-electron chi connectivity index (χ3n) is 5.85. The highest BCUT2D eigenvalue weighted by atomic mass is 32.2. The average Bonchev–Trinajstić information content (AvgIpc) is 3.33. The number of aryl methyl sites for hydroxylation is 4. The van der Waals surface area contributed by atoms with Gasteiger partial charge in [-0.3, -0.25) is 4.79 Å². The van der Waals surface area contributed by atoms with E-state index < -0.39 is 15.9 Å². The fraction of sp³-hybridized carbons (Fsp3) is 0.409. The van der Waals surface area contributed by atoms with Crippen LogP contribution in [0.25, 0.3) is 11.0 Å². The van der Waals surface area contributed by atoms with E-state index in [1.54, 1.807) is 4.90 Å².